The zero-order valence-electron chi connectivity index (χ0n) is 10.0. The smallest absolute Gasteiger partial charge is 0.175 e. The van der Waals surface area contributed by atoms with E-state index < -0.39 is 0 Å². The molecular formula is C12H17NO2S. The highest BCUT2D eigenvalue weighted by molar-refractivity contribution is 7.13. The third kappa shape index (κ3) is 2.33. The number of nitrogens with zero attached hydrogens (tertiary/aromatic N) is 1. The molecule has 0 spiro atoms. The highest BCUT2D eigenvalue weighted by Gasteiger charge is 2.33. The van der Waals surface area contributed by atoms with Crippen molar-refractivity contribution in [3.05, 3.63) is 15.6 Å². The Labute approximate surface area is 99.8 Å². The van der Waals surface area contributed by atoms with Crippen molar-refractivity contribution in [1.82, 2.24) is 4.98 Å². The first kappa shape index (κ1) is 11.7. The first-order valence-electron chi connectivity index (χ1n) is 5.61. The number of fused-ring (bicyclic) bond motifs is 1. The average Bonchev–Trinajstić information content (AvgIpc) is 2.56. The number of hydrogen-bond acceptors (Lipinski definition) is 4. The van der Waals surface area contributed by atoms with E-state index in [4.69, 9.17) is 4.74 Å². The Kier molecular flexibility index (Phi) is 3.13. The fourth-order valence-electron chi connectivity index (χ4n) is 2.02. The second kappa shape index (κ2) is 4.26. The summed E-state index contributed by atoms with van der Waals surface area (Å²) in [7, 11) is 0. The van der Waals surface area contributed by atoms with Crippen LogP contribution in [0.2, 0.25) is 0 Å². The lowest BCUT2D eigenvalue weighted by atomic mass is 9.78. The molecule has 0 radical (unpaired) electrons. The zero-order chi connectivity index (χ0) is 11.8. The number of ketones is 1. The summed E-state index contributed by atoms with van der Waals surface area (Å²) in [6.45, 7) is 7.41. The Morgan fingerprint density at radius 2 is 2.19 bits per heavy atom. The second-order valence-corrected chi connectivity index (χ2v) is 6.05. The predicted octanol–water partition coefficient (Wildman–Crippen LogP) is 2.83. The molecule has 0 aromatic carbocycles. The Morgan fingerprint density at radius 1 is 1.44 bits per heavy atom. The van der Waals surface area contributed by atoms with E-state index in [-0.39, 0.29) is 11.2 Å². The Hall–Kier alpha value is -0.740. The molecule has 2 rings (SSSR count). The van der Waals surface area contributed by atoms with Crippen molar-refractivity contribution >= 4 is 17.1 Å². The molecule has 0 atom stereocenters. The molecule has 1 aromatic heterocycles. The van der Waals surface area contributed by atoms with Gasteiger partial charge in [0, 0.05) is 13.0 Å². The van der Waals surface area contributed by atoms with E-state index in [1.807, 2.05) is 6.92 Å². The molecule has 1 aliphatic carbocycles. The summed E-state index contributed by atoms with van der Waals surface area (Å²) in [6, 6.07) is 0. The van der Waals surface area contributed by atoms with Crippen LogP contribution >= 0.6 is 11.3 Å². The van der Waals surface area contributed by atoms with E-state index >= 15 is 0 Å². The molecule has 0 saturated carbocycles. The number of ether oxygens (including phenoxy) is 1. The normalized spacial score (nSPS) is 18.6. The number of rotatable bonds is 3. The van der Waals surface area contributed by atoms with Crippen molar-refractivity contribution in [1.29, 1.82) is 0 Å². The van der Waals surface area contributed by atoms with Crippen molar-refractivity contribution in [2.24, 2.45) is 5.41 Å². The quantitative estimate of drug-likeness (QED) is 0.814. The fraction of sp³-hybridized carbons (Fsp3) is 0.667. The lowest BCUT2D eigenvalue weighted by Crippen LogP contribution is -2.26. The minimum Gasteiger partial charge on any atom is -0.375 e. The average molecular weight is 239 g/mol. The molecule has 0 amide bonds. The van der Waals surface area contributed by atoms with Gasteiger partial charge in [-0.25, -0.2) is 4.98 Å². The molecule has 0 N–H and O–H groups in total. The zero-order valence-corrected chi connectivity index (χ0v) is 10.8. The maximum atomic E-state index is 11.9. The van der Waals surface area contributed by atoms with Crippen LogP contribution in [0.5, 0.6) is 0 Å². The molecule has 0 saturated heterocycles. The van der Waals surface area contributed by atoms with Crippen LogP contribution in [0, 0.1) is 5.41 Å². The van der Waals surface area contributed by atoms with Gasteiger partial charge < -0.3 is 4.74 Å². The summed E-state index contributed by atoms with van der Waals surface area (Å²) < 4.78 is 5.32. The second-order valence-electron chi connectivity index (χ2n) is 4.96. The van der Waals surface area contributed by atoms with E-state index in [1.165, 1.54) is 11.3 Å². The van der Waals surface area contributed by atoms with Crippen LogP contribution in [0.1, 0.15) is 47.6 Å². The van der Waals surface area contributed by atoms with Crippen molar-refractivity contribution in [2.75, 3.05) is 6.61 Å². The molecule has 1 aromatic rings. The Balaban J connectivity index is 2.23. The monoisotopic (exact) mass is 239 g/mol. The number of hydrogen-bond donors (Lipinski definition) is 0. The molecule has 0 unspecified atom stereocenters. The van der Waals surface area contributed by atoms with Crippen LogP contribution in [0.15, 0.2) is 0 Å². The Morgan fingerprint density at radius 3 is 2.88 bits per heavy atom. The SMILES string of the molecule is CCOCc1nc2c(s1)C(=O)CC(C)(C)C2. The number of carbonyl (C=O) groups is 1. The number of carbonyl (C=O) groups excluding carboxylic acids is 1. The summed E-state index contributed by atoms with van der Waals surface area (Å²) in [6.07, 6.45) is 1.53. The van der Waals surface area contributed by atoms with Gasteiger partial charge in [-0.15, -0.1) is 11.3 Å². The minimum atomic E-state index is 0.0566. The summed E-state index contributed by atoms with van der Waals surface area (Å²) in [4.78, 5) is 17.3. The van der Waals surface area contributed by atoms with E-state index in [0.717, 1.165) is 22.0 Å². The molecule has 3 nitrogen and oxygen atoms in total. The van der Waals surface area contributed by atoms with Crippen LogP contribution in [-0.2, 0) is 17.8 Å². The van der Waals surface area contributed by atoms with Crippen molar-refractivity contribution in [3.8, 4) is 0 Å². The van der Waals surface area contributed by atoms with Gasteiger partial charge in [-0.2, -0.15) is 0 Å². The van der Waals surface area contributed by atoms with E-state index in [9.17, 15) is 4.79 Å². The van der Waals surface area contributed by atoms with Crippen LogP contribution in [0.25, 0.3) is 0 Å². The van der Waals surface area contributed by atoms with Gasteiger partial charge >= 0.3 is 0 Å². The topological polar surface area (TPSA) is 39.2 Å². The largest absolute Gasteiger partial charge is 0.375 e. The van der Waals surface area contributed by atoms with Gasteiger partial charge in [-0.05, 0) is 18.8 Å². The molecular weight excluding hydrogens is 222 g/mol. The van der Waals surface area contributed by atoms with Crippen LogP contribution in [-0.4, -0.2) is 17.4 Å². The lowest BCUT2D eigenvalue weighted by molar-refractivity contribution is 0.0916. The van der Waals surface area contributed by atoms with E-state index in [1.54, 1.807) is 0 Å². The Bertz CT molecular complexity index is 409. The molecule has 1 heterocycles. The summed E-state index contributed by atoms with van der Waals surface area (Å²) in [5, 5.41) is 0.929. The van der Waals surface area contributed by atoms with Crippen molar-refractivity contribution in [2.45, 2.75) is 40.2 Å². The number of Topliss-reactive ketones (excluding diaryl/α,β-unsaturated/α-hetero) is 1. The molecule has 16 heavy (non-hydrogen) atoms. The van der Waals surface area contributed by atoms with Gasteiger partial charge in [0.1, 0.15) is 5.01 Å². The molecule has 1 aliphatic rings. The predicted molar refractivity (Wildman–Crippen MR) is 63.9 cm³/mol. The summed E-state index contributed by atoms with van der Waals surface area (Å²) in [5.74, 6) is 0.242. The van der Waals surface area contributed by atoms with Gasteiger partial charge in [0.05, 0.1) is 17.2 Å². The molecule has 4 heteroatoms. The highest BCUT2D eigenvalue weighted by atomic mass is 32.1. The fourth-order valence-corrected chi connectivity index (χ4v) is 2.98. The molecule has 0 bridgehead atoms. The molecule has 88 valence electrons. The van der Waals surface area contributed by atoms with E-state index in [2.05, 4.69) is 18.8 Å². The van der Waals surface area contributed by atoms with Gasteiger partial charge in [0.15, 0.2) is 5.78 Å². The van der Waals surface area contributed by atoms with Crippen molar-refractivity contribution in [3.63, 3.8) is 0 Å². The maximum absolute atomic E-state index is 11.9. The number of thiazole rings is 1. The third-order valence-electron chi connectivity index (χ3n) is 2.71. The number of aromatic nitrogens is 1. The van der Waals surface area contributed by atoms with Gasteiger partial charge in [0.2, 0.25) is 0 Å². The van der Waals surface area contributed by atoms with Gasteiger partial charge in [0.25, 0.3) is 0 Å². The van der Waals surface area contributed by atoms with Crippen LogP contribution < -0.4 is 0 Å². The van der Waals surface area contributed by atoms with Crippen molar-refractivity contribution < 1.29 is 9.53 Å². The van der Waals surface area contributed by atoms with Gasteiger partial charge in [-0.3, -0.25) is 4.79 Å². The van der Waals surface area contributed by atoms with Crippen LogP contribution in [0.4, 0.5) is 0 Å². The minimum absolute atomic E-state index is 0.0566. The highest BCUT2D eigenvalue weighted by Crippen LogP contribution is 2.36. The van der Waals surface area contributed by atoms with Gasteiger partial charge in [-0.1, -0.05) is 13.8 Å². The first-order valence-corrected chi connectivity index (χ1v) is 6.43. The maximum Gasteiger partial charge on any atom is 0.175 e. The summed E-state index contributed by atoms with van der Waals surface area (Å²) >= 11 is 1.50. The standard InChI is InChI=1S/C12H17NO2S/c1-4-15-7-10-13-8-5-12(2,3)6-9(14)11(8)16-10/h4-7H2,1-3H3. The summed E-state index contributed by atoms with van der Waals surface area (Å²) in [5.41, 5.74) is 1.03. The van der Waals surface area contributed by atoms with Crippen LogP contribution in [0.3, 0.4) is 0 Å². The third-order valence-corrected chi connectivity index (χ3v) is 3.82. The lowest BCUT2D eigenvalue weighted by Gasteiger charge is -2.26. The first-order chi connectivity index (χ1) is 7.52. The molecule has 0 fully saturated rings. The molecule has 0 aliphatic heterocycles. The van der Waals surface area contributed by atoms with E-state index in [0.29, 0.717) is 19.6 Å².